The zero-order chi connectivity index (χ0) is 22.1. The van der Waals surface area contributed by atoms with E-state index in [9.17, 15) is 14.9 Å². The lowest BCUT2D eigenvalue weighted by atomic mass is 10.1. The van der Waals surface area contributed by atoms with Crippen LogP contribution in [0.25, 0.3) is 0 Å². The summed E-state index contributed by atoms with van der Waals surface area (Å²) in [5, 5.41) is 15.8. The summed E-state index contributed by atoms with van der Waals surface area (Å²) in [4.78, 5) is 24.0. The molecule has 0 radical (unpaired) electrons. The first-order valence-corrected chi connectivity index (χ1v) is 10.7. The maximum atomic E-state index is 12.3. The Labute approximate surface area is 183 Å². The van der Waals surface area contributed by atoms with Gasteiger partial charge in [-0.15, -0.1) is 11.8 Å². The SMILES string of the molecule is CCOc1cc(OCC)c([N+](=O)[O-])cc1/C=N\NC(=O)Cc1cc(Cl)ccc1SC. The third kappa shape index (κ3) is 6.36. The average Bonchev–Trinajstić information content (AvgIpc) is 2.70. The molecule has 0 atom stereocenters. The van der Waals surface area contributed by atoms with Crippen LogP contribution in [0.1, 0.15) is 25.0 Å². The first-order valence-electron chi connectivity index (χ1n) is 9.11. The normalized spacial score (nSPS) is 10.8. The van der Waals surface area contributed by atoms with Crippen LogP contribution >= 0.6 is 23.4 Å². The van der Waals surface area contributed by atoms with Crippen LogP contribution < -0.4 is 14.9 Å². The highest BCUT2D eigenvalue weighted by molar-refractivity contribution is 7.98. The van der Waals surface area contributed by atoms with Crippen molar-refractivity contribution in [3.63, 3.8) is 0 Å². The summed E-state index contributed by atoms with van der Waals surface area (Å²) in [6.45, 7) is 4.15. The molecule has 2 rings (SSSR count). The highest BCUT2D eigenvalue weighted by Crippen LogP contribution is 2.34. The Morgan fingerprint density at radius 2 is 1.93 bits per heavy atom. The Kier molecular flexibility index (Phi) is 8.94. The van der Waals surface area contributed by atoms with Crippen LogP contribution in [0.3, 0.4) is 0 Å². The van der Waals surface area contributed by atoms with Gasteiger partial charge in [-0.1, -0.05) is 11.6 Å². The van der Waals surface area contributed by atoms with Gasteiger partial charge in [-0.05, 0) is 43.9 Å². The van der Waals surface area contributed by atoms with Gasteiger partial charge in [0.2, 0.25) is 11.7 Å². The number of hydrogen-bond donors (Lipinski definition) is 1. The number of rotatable bonds is 10. The summed E-state index contributed by atoms with van der Waals surface area (Å²) in [6, 6.07) is 8.10. The molecular formula is C20H22ClN3O5S. The molecule has 0 aromatic heterocycles. The summed E-state index contributed by atoms with van der Waals surface area (Å²) in [6.07, 6.45) is 3.31. The molecule has 2 aromatic rings. The van der Waals surface area contributed by atoms with Gasteiger partial charge in [0, 0.05) is 27.6 Å². The van der Waals surface area contributed by atoms with Gasteiger partial charge in [0.15, 0.2) is 0 Å². The highest BCUT2D eigenvalue weighted by Gasteiger charge is 2.19. The Morgan fingerprint density at radius 1 is 1.23 bits per heavy atom. The molecule has 1 N–H and O–H groups in total. The number of nitrogens with zero attached hydrogens (tertiary/aromatic N) is 2. The molecule has 0 aliphatic carbocycles. The van der Waals surface area contributed by atoms with E-state index >= 15 is 0 Å². The van der Waals surface area contributed by atoms with Gasteiger partial charge in [0.05, 0.1) is 30.8 Å². The molecule has 0 aliphatic heterocycles. The minimum absolute atomic E-state index is 0.0931. The van der Waals surface area contributed by atoms with E-state index in [1.54, 1.807) is 26.0 Å². The van der Waals surface area contributed by atoms with E-state index in [2.05, 4.69) is 10.5 Å². The lowest BCUT2D eigenvalue weighted by molar-refractivity contribution is -0.385. The van der Waals surface area contributed by atoms with Crippen molar-refractivity contribution in [1.82, 2.24) is 5.43 Å². The number of halogens is 1. The van der Waals surface area contributed by atoms with Crippen molar-refractivity contribution >= 4 is 41.2 Å². The summed E-state index contributed by atoms with van der Waals surface area (Å²) in [5.41, 5.74) is 3.35. The lowest BCUT2D eigenvalue weighted by Crippen LogP contribution is -2.20. The first-order chi connectivity index (χ1) is 14.4. The standard InChI is InChI=1S/C20H22ClN3O5S/c1-4-28-17-11-18(29-5-2)16(24(26)27)9-14(17)12-22-23-20(25)10-13-8-15(21)6-7-19(13)30-3/h6-9,11-12H,4-5,10H2,1-3H3,(H,23,25)/b22-12-. The second-order valence-corrected chi connectivity index (χ2v) is 7.19. The molecule has 160 valence electrons. The monoisotopic (exact) mass is 451 g/mol. The molecule has 0 fully saturated rings. The Hall–Kier alpha value is -2.78. The fraction of sp³-hybridized carbons (Fsp3) is 0.300. The van der Waals surface area contributed by atoms with Crippen LogP contribution in [-0.4, -0.2) is 36.5 Å². The molecule has 0 heterocycles. The molecule has 30 heavy (non-hydrogen) atoms. The molecule has 1 amide bonds. The molecular weight excluding hydrogens is 430 g/mol. The number of amides is 1. The Morgan fingerprint density at radius 3 is 2.57 bits per heavy atom. The Balaban J connectivity index is 2.20. The van der Waals surface area contributed by atoms with Crippen LogP contribution in [0.4, 0.5) is 5.69 Å². The fourth-order valence-electron chi connectivity index (χ4n) is 2.63. The predicted molar refractivity (Wildman–Crippen MR) is 118 cm³/mol. The number of nitrogens with one attached hydrogen (secondary N) is 1. The maximum Gasteiger partial charge on any atom is 0.311 e. The summed E-state index contributed by atoms with van der Waals surface area (Å²) in [7, 11) is 0. The van der Waals surface area contributed by atoms with Crippen LogP contribution in [-0.2, 0) is 11.2 Å². The van der Waals surface area contributed by atoms with Gasteiger partial charge in [-0.3, -0.25) is 14.9 Å². The first kappa shape index (κ1) is 23.5. The van der Waals surface area contributed by atoms with Crippen LogP contribution in [0, 0.1) is 10.1 Å². The highest BCUT2D eigenvalue weighted by atomic mass is 35.5. The van der Waals surface area contributed by atoms with E-state index in [0.29, 0.717) is 22.9 Å². The van der Waals surface area contributed by atoms with Gasteiger partial charge in [0.1, 0.15) is 5.75 Å². The zero-order valence-corrected chi connectivity index (χ0v) is 18.4. The quantitative estimate of drug-likeness (QED) is 0.247. The molecule has 2 aromatic carbocycles. The Bertz CT molecular complexity index is 952. The van der Waals surface area contributed by atoms with E-state index in [-0.39, 0.29) is 30.4 Å². The van der Waals surface area contributed by atoms with Gasteiger partial charge in [-0.25, -0.2) is 5.43 Å². The predicted octanol–water partition coefficient (Wildman–Crippen LogP) is 4.46. The van der Waals surface area contributed by atoms with Crippen molar-refractivity contribution < 1.29 is 19.2 Å². The summed E-state index contributed by atoms with van der Waals surface area (Å²) >= 11 is 7.53. The molecule has 0 saturated carbocycles. The number of hydrogen-bond acceptors (Lipinski definition) is 7. The van der Waals surface area contributed by atoms with Crippen molar-refractivity contribution in [3.05, 3.63) is 56.6 Å². The van der Waals surface area contributed by atoms with E-state index in [0.717, 1.165) is 10.5 Å². The molecule has 8 nitrogen and oxygen atoms in total. The number of ether oxygens (including phenoxy) is 2. The number of nitro benzene ring substituents is 1. The summed E-state index contributed by atoms with van der Waals surface area (Å²) < 4.78 is 10.9. The van der Waals surface area contributed by atoms with Crippen molar-refractivity contribution in [2.75, 3.05) is 19.5 Å². The fourth-order valence-corrected chi connectivity index (χ4v) is 3.42. The van der Waals surface area contributed by atoms with E-state index in [1.165, 1.54) is 30.1 Å². The van der Waals surface area contributed by atoms with Gasteiger partial charge < -0.3 is 9.47 Å². The topological polar surface area (TPSA) is 103 Å². The van der Waals surface area contributed by atoms with E-state index < -0.39 is 4.92 Å². The third-order valence-corrected chi connectivity index (χ3v) is 4.95. The van der Waals surface area contributed by atoms with E-state index in [4.69, 9.17) is 21.1 Å². The minimum atomic E-state index is -0.542. The van der Waals surface area contributed by atoms with Crippen LogP contribution in [0.5, 0.6) is 11.5 Å². The number of hydrazone groups is 1. The number of carbonyl (C=O) groups is 1. The largest absolute Gasteiger partial charge is 0.493 e. The van der Waals surface area contributed by atoms with Crippen molar-refractivity contribution in [3.8, 4) is 11.5 Å². The van der Waals surface area contributed by atoms with Crippen LogP contribution in [0.15, 0.2) is 40.3 Å². The smallest absolute Gasteiger partial charge is 0.311 e. The van der Waals surface area contributed by atoms with Gasteiger partial charge >= 0.3 is 5.69 Å². The molecule has 0 unspecified atom stereocenters. The zero-order valence-electron chi connectivity index (χ0n) is 16.8. The molecule has 0 bridgehead atoms. The number of thioether (sulfide) groups is 1. The molecule has 0 saturated heterocycles. The van der Waals surface area contributed by atoms with Gasteiger partial charge in [-0.2, -0.15) is 5.10 Å². The molecule has 10 heteroatoms. The summed E-state index contributed by atoms with van der Waals surface area (Å²) in [5.74, 6) is 0.129. The number of nitro groups is 1. The number of carbonyl (C=O) groups excluding carboxylic acids is 1. The average molecular weight is 452 g/mol. The van der Waals surface area contributed by atoms with Crippen molar-refractivity contribution in [2.45, 2.75) is 25.2 Å². The lowest BCUT2D eigenvalue weighted by Gasteiger charge is -2.11. The molecule has 0 aliphatic rings. The third-order valence-electron chi connectivity index (χ3n) is 3.87. The van der Waals surface area contributed by atoms with Crippen LogP contribution in [0.2, 0.25) is 5.02 Å². The minimum Gasteiger partial charge on any atom is -0.493 e. The molecule has 0 spiro atoms. The van der Waals surface area contributed by atoms with Crippen molar-refractivity contribution in [1.29, 1.82) is 0 Å². The van der Waals surface area contributed by atoms with E-state index in [1.807, 2.05) is 12.3 Å². The second-order valence-electron chi connectivity index (χ2n) is 5.91. The second kappa shape index (κ2) is 11.4. The van der Waals surface area contributed by atoms with Gasteiger partial charge in [0.25, 0.3) is 0 Å². The maximum absolute atomic E-state index is 12.3. The number of benzene rings is 2. The van der Waals surface area contributed by atoms with Crippen molar-refractivity contribution in [2.24, 2.45) is 5.10 Å².